The van der Waals surface area contributed by atoms with Gasteiger partial charge in [0.1, 0.15) is 5.51 Å². The molecule has 0 aliphatic carbocycles. The van der Waals surface area contributed by atoms with E-state index in [1.807, 2.05) is 12.1 Å². The molecule has 1 aromatic heterocycles. The third kappa shape index (κ3) is 3.79. The number of aryl methyl sites for hydroxylation is 1. The molecule has 2 aromatic rings. The van der Waals surface area contributed by atoms with Crippen LogP contribution in [-0.4, -0.2) is 28.6 Å². The summed E-state index contributed by atoms with van der Waals surface area (Å²) in [6.07, 6.45) is 3.60. The molecule has 3 rings (SSSR count). The molecule has 0 spiro atoms. The second-order valence-corrected chi connectivity index (χ2v) is 6.74. The number of unbranched alkanes of at least 4 members (excludes halogenated alkanes) is 1. The molecule has 1 saturated heterocycles. The lowest BCUT2D eigenvalue weighted by Crippen LogP contribution is -2.28. The lowest BCUT2D eigenvalue weighted by molar-refractivity contribution is -0.122. The molecular weight excluding hydrogens is 324 g/mol. The Kier molecular flexibility index (Phi) is 5.20. The molecule has 1 fully saturated rings. The van der Waals surface area contributed by atoms with Gasteiger partial charge in [-0.3, -0.25) is 9.59 Å². The van der Waals surface area contributed by atoms with Gasteiger partial charge in [-0.05, 0) is 30.5 Å². The summed E-state index contributed by atoms with van der Waals surface area (Å²) in [6.45, 7) is 2.57. The van der Waals surface area contributed by atoms with Crippen LogP contribution in [0, 0.1) is 5.92 Å². The Morgan fingerprint density at radius 1 is 1.38 bits per heavy atom. The molecule has 24 heavy (non-hydrogen) atoms. The van der Waals surface area contributed by atoms with Crippen LogP contribution in [0.3, 0.4) is 0 Å². The number of hydrogen-bond acceptors (Lipinski definition) is 5. The minimum Gasteiger partial charge on any atom is -0.312 e. The zero-order valence-corrected chi connectivity index (χ0v) is 14.4. The summed E-state index contributed by atoms with van der Waals surface area (Å²) in [5.74, 6) is -0.558. The average molecular weight is 344 g/mol. The van der Waals surface area contributed by atoms with Crippen LogP contribution in [0.2, 0.25) is 0 Å². The standard InChI is InChI=1S/C17H20N4O2S/c1-2-3-4-12-5-7-14(8-6-12)21-10-13(9-15(21)22)16(23)19-17-20-18-11-24-17/h5-8,11,13H,2-4,9-10H2,1H3,(H,19,20,23)/t13-/m0/s1. The second kappa shape index (κ2) is 7.53. The zero-order chi connectivity index (χ0) is 16.9. The van der Waals surface area contributed by atoms with Crippen LogP contribution in [0.5, 0.6) is 0 Å². The van der Waals surface area contributed by atoms with Crippen molar-refractivity contribution in [1.29, 1.82) is 0 Å². The SMILES string of the molecule is CCCCc1ccc(N2C[C@@H](C(=O)Nc3nncs3)CC2=O)cc1. The predicted molar refractivity (Wildman–Crippen MR) is 94.1 cm³/mol. The molecule has 0 radical (unpaired) electrons. The molecule has 2 heterocycles. The topological polar surface area (TPSA) is 75.2 Å². The van der Waals surface area contributed by atoms with Crippen LogP contribution in [0.25, 0.3) is 0 Å². The molecule has 0 saturated carbocycles. The van der Waals surface area contributed by atoms with Crippen molar-refractivity contribution in [3.63, 3.8) is 0 Å². The van der Waals surface area contributed by atoms with Crippen molar-refractivity contribution in [3.8, 4) is 0 Å². The van der Waals surface area contributed by atoms with Crippen LogP contribution in [-0.2, 0) is 16.0 Å². The van der Waals surface area contributed by atoms with E-state index in [9.17, 15) is 9.59 Å². The first kappa shape index (κ1) is 16.6. The molecule has 6 nitrogen and oxygen atoms in total. The van der Waals surface area contributed by atoms with E-state index in [-0.39, 0.29) is 24.2 Å². The third-order valence-electron chi connectivity index (χ3n) is 4.15. The van der Waals surface area contributed by atoms with Crippen LogP contribution >= 0.6 is 11.3 Å². The van der Waals surface area contributed by atoms with E-state index in [0.29, 0.717) is 11.7 Å². The molecule has 0 unspecified atom stereocenters. The van der Waals surface area contributed by atoms with Gasteiger partial charge in [-0.2, -0.15) is 0 Å². The van der Waals surface area contributed by atoms with Crippen molar-refractivity contribution in [2.45, 2.75) is 32.6 Å². The average Bonchev–Trinajstić information content (AvgIpc) is 3.23. The molecule has 1 aliphatic heterocycles. The maximum atomic E-state index is 12.3. The van der Waals surface area contributed by atoms with Gasteiger partial charge in [0.2, 0.25) is 16.9 Å². The summed E-state index contributed by atoms with van der Waals surface area (Å²) < 4.78 is 0. The van der Waals surface area contributed by atoms with Crippen molar-refractivity contribution in [1.82, 2.24) is 10.2 Å². The smallest absolute Gasteiger partial charge is 0.231 e. The molecule has 1 atom stereocenters. The van der Waals surface area contributed by atoms with Crippen LogP contribution in [0.4, 0.5) is 10.8 Å². The summed E-state index contributed by atoms with van der Waals surface area (Å²) in [7, 11) is 0. The number of anilines is 2. The predicted octanol–water partition coefficient (Wildman–Crippen LogP) is 2.87. The van der Waals surface area contributed by atoms with Gasteiger partial charge in [0.15, 0.2) is 0 Å². The van der Waals surface area contributed by atoms with E-state index in [1.54, 1.807) is 10.4 Å². The van der Waals surface area contributed by atoms with Crippen LogP contribution in [0.1, 0.15) is 31.7 Å². The molecule has 2 amide bonds. The van der Waals surface area contributed by atoms with Crippen molar-refractivity contribution in [2.75, 3.05) is 16.8 Å². The minimum absolute atomic E-state index is 0.0197. The Hall–Kier alpha value is -2.28. The third-order valence-corrected chi connectivity index (χ3v) is 4.76. The van der Waals surface area contributed by atoms with Gasteiger partial charge < -0.3 is 10.2 Å². The molecule has 1 aliphatic rings. The lowest BCUT2D eigenvalue weighted by Gasteiger charge is -2.17. The summed E-state index contributed by atoms with van der Waals surface area (Å²) in [5, 5.41) is 10.7. The van der Waals surface area contributed by atoms with E-state index in [4.69, 9.17) is 0 Å². The number of aromatic nitrogens is 2. The van der Waals surface area contributed by atoms with Gasteiger partial charge >= 0.3 is 0 Å². The summed E-state index contributed by atoms with van der Waals surface area (Å²) in [4.78, 5) is 26.2. The first-order valence-electron chi connectivity index (χ1n) is 8.13. The van der Waals surface area contributed by atoms with Gasteiger partial charge in [0.05, 0.1) is 5.92 Å². The number of rotatable bonds is 6. The van der Waals surface area contributed by atoms with E-state index < -0.39 is 0 Å². The van der Waals surface area contributed by atoms with Crippen molar-refractivity contribution < 1.29 is 9.59 Å². The highest BCUT2D eigenvalue weighted by Crippen LogP contribution is 2.26. The molecular formula is C17H20N4O2S. The number of hydrogen-bond donors (Lipinski definition) is 1. The summed E-state index contributed by atoms with van der Waals surface area (Å²) in [6, 6.07) is 8.06. The van der Waals surface area contributed by atoms with Crippen molar-refractivity contribution in [2.24, 2.45) is 5.92 Å². The quantitative estimate of drug-likeness (QED) is 0.874. The number of nitrogens with one attached hydrogen (secondary N) is 1. The minimum atomic E-state index is -0.360. The molecule has 7 heteroatoms. The summed E-state index contributed by atoms with van der Waals surface area (Å²) in [5.41, 5.74) is 3.69. The molecule has 126 valence electrons. The van der Waals surface area contributed by atoms with Crippen molar-refractivity contribution in [3.05, 3.63) is 35.3 Å². The fourth-order valence-electron chi connectivity index (χ4n) is 2.79. The highest BCUT2D eigenvalue weighted by Gasteiger charge is 2.35. The Bertz CT molecular complexity index is 700. The molecule has 0 bridgehead atoms. The summed E-state index contributed by atoms with van der Waals surface area (Å²) >= 11 is 1.26. The maximum absolute atomic E-state index is 12.3. The fourth-order valence-corrected chi connectivity index (χ4v) is 3.24. The van der Waals surface area contributed by atoms with Gasteiger partial charge in [-0.1, -0.05) is 36.8 Å². The normalized spacial score (nSPS) is 17.3. The fraction of sp³-hybridized carbons (Fsp3) is 0.412. The number of benzene rings is 1. The second-order valence-electron chi connectivity index (χ2n) is 5.91. The number of amides is 2. The largest absolute Gasteiger partial charge is 0.312 e. The molecule has 1 aromatic carbocycles. The Balaban J connectivity index is 1.63. The van der Waals surface area contributed by atoms with Crippen LogP contribution < -0.4 is 10.2 Å². The number of nitrogens with zero attached hydrogens (tertiary/aromatic N) is 3. The van der Waals surface area contributed by atoms with Gasteiger partial charge in [0.25, 0.3) is 0 Å². The first-order valence-corrected chi connectivity index (χ1v) is 9.01. The van der Waals surface area contributed by atoms with E-state index in [2.05, 4.69) is 34.6 Å². The number of carbonyl (C=O) groups is 2. The Morgan fingerprint density at radius 3 is 2.83 bits per heavy atom. The highest BCUT2D eigenvalue weighted by atomic mass is 32.1. The van der Waals surface area contributed by atoms with Crippen LogP contribution in [0.15, 0.2) is 29.8 Å². The Labute approximate surface area is 144 Å². The highest BCUT2D eigenvalue weighted by molar-refractivity contribution is 7.13. The first-order chi connectivity index (χ1) is 11.7. The molecule has 1 N–H and O–H groups in total. The van der Waals surface area contributed by atoms with E-state index in [1.165, 1.54) is 16.9 Å². The van der Waals surface area contributed by atoms with E-state index in [0.717, 1.165) is 24.9 Å². The maximum Gasteiger partial charge on any atom is 0.231 e. The van der Waals surface area contributed by atoms with E-state index >= 15 is 0 Å². The lowest BCUT2D eigenvalue weighted by atomic mass is 10.1. The monoisotopic (exact) mass is 344 g/mol. The Morgan fingerprint density at radius 2 is 2.17 bits per heavy atom. The number of carbonyl (C=O) groups excluding carboxylic acids is 2. The van der Waals surface area contributed by atoms with Gasteiger partial charge in [-0.15, -0.1) is 10.2 Å². The van der Waals surface area contributed by atoms with Gasteiger partial charge in [0, 0.05) is 18.7 Å². The van der Waals surface area contributed by atoms with Crippen molar-refractivity contribution >= 4 is 34.0 Å². The zero-order valence-electron chi connectivity index (χ0n) is 13.6. The van der Waals surface area contributed by atoms with Gasteiger partial charge in [-0.25, -0.2) is 0 Å².